The highest BCUT2D eigenvalue weighted by atomic mass is 32.1. The van der Waals surface area contributed by atoms with Gasteiger partial charge in [-0.05, 0) is 54.2 Å². The average molecular weight is 468 g/mol. The third kappa shape index (κ3) is 7.44. The Hall–Kier alpha value is -3.69. The lowest BCUT2D eigenvalue weighted by molar-refractivity contribution is -0.123. The Bertz CT molecular complexity index is 1120. The van der Waals surface area contributed by atoms with E-state index in [1.165, 1.54) is 0 Å². The highest BCUT2D eigenvalue weighted by Gasteiger charge is 2.14. The molecule has 0 bridgehead atoms. The lowest BCUT2D eigenvalue weighted by atomic mass is 10.1. The molecule has 0 saturated heterocycles. The minimum absolute atomic E-state index is 0.0665. The number of para-hydroxylation sites is 1. The molecule has 3 aromatic carbocycles. The Labute approximate surface area is 197 Å². The van der Waals surface area contributed by atoms with Crippen LogP contribution in [0.15, 0.2) is 66.7 Å². The molecule has 0 heterocycles. The molecule has 3 N–H and O–H groups in total. The van der Waals surface area contributed by atoms with E-state index < -0.39 is 11.8 Å². The van der Waals surface area contributed by atoms with E-state index in [1.54, 1.807) is 30.3 Å². The molecular weight excluding hydrogens is 442 g/mol. The van der Waals surface area contributed by atoms with E-state index in [2.05, 4.69) is 16.2 Å². The van der Waals surface area contributed by atoms with E-state index in [-0.39, 0.29) is 11.7 Å². The topological polar surface area (TPSA) is 97.9 Å². The fourth-order valence-corrected chi connectivity index (χ4v) is 3.05. The van der Waals surface area contributed by atoms with Gasteiger partial charge in [0.05, 0.1) is 12.2 Å². The molecule has 0 spiro atoms. The van der Waals surface area contributed by atoms with Gasteiger partial charge in [0.2, 0.25) is 0 Å². The lowest BCUT2D eigenvalue weighted by Gasteiger charge is -2.14. The van der Waals surface area contributed by atoms with Crippen LogP contribution in [-0.2, 0) is 9.53 Å². The highest BCUT2D eigenvalue weighted by molar-refractivity contribution is 7.80. The first-order valence-corrected chi connectivity index (χ1v) is 10.8. The summed E-state index contributed by atoms with van der Waals surface area (Å²) in [6.07, 6.45) is 0. The summed E-state index contributed by atoms with van der Waals surface area (Å²) in [5.74, 6) is 0.0478. The molecule has 8 nitrogen and oxygen atoms in total. The lowest BCUT2D eigenvalue weighted by Crippen LogP contribution is -2.49. The number of hydrogen-bond donors (Lipinski definition) is 3. The molecule has 0 atom stereocenters. The monoisotopic (exact) mass is 467 g/mol. The SMILES string of the molecule is CCOCCOc1ccccc1C(=O)NC(=S)NNC(=O)COc1ccc2ccccc2c1. The number of ether oxygens (including phenoxy) is 3. The van der Waals surface area contributed by atoms with Crippen LogP contribution in [0.25, 0.3) is 10.8 Å². The van der Waals surface area contributed by atoms with Crippen molar-refractivity contribution in [1.29, 1.82) is 0 Å². The van der Waals surface area contributed by atoms with Crippen molar-refractivity contribution < 1.29 is 23.8 Å². The van der Waals surface area contributed by atoms with Gasteiger partial charge in [-0.2, -0.15) is 0 Å². The van der Waals surface area contributed by atoms with Crippen molar-refractivity contribution in [3.63, 3.8) is 0 Å². The summed E-state index contributed by atoms with van der Waals surface area (Å²) in [7, 11) is 0. The third-order valence-corrected chi connectivity index (χ3v) is 4.66. The molecule has 0 unspecified atom stereocenters. The molecule has 0 radical (unpaired) electrons. The largest absolute Gasteiger partial charge is 0.490 e. The highest BCUT2D eigenvalue weighted by Crippen LogP contribution is 2.20. The van der Waals surface area contributed by atoms with E-state index in [4.69, 9.17) is 26.4 Å². The van der Waals surface area contributed by atoms with Crippen LogP contribution >= 0.6 is 12.2 Å². The smallest absolute Gasteiger partial charge is 0.276 e. The summed E-state index contributed by atoms with van der Waals surface area (Å²) < 4.78 is 16.4. The van der Waals surface area contributed by atoms with E-state index in [0.717, 1.165) is 10.8 Å². The molecule has 0 aliphatic heterocycles. The second-order valence-corrected chi connectivity index (χ2v) is 7.20. The number of fused-ring (bicyclic) bond motifs is 1. The summed E-state index contributed by atoms with van der Waals surface area (Å²) >= 11 is 5.08. The van der Waals surface area contributed by atoms with Gasteiger partial charge in [-0.15, -0.1) is 0 Å². The number of carbonyl (C=O) groups excluding carboxylic acids is 2. The molecule has 3 rings (SSSR count). The van der Waals surface area contributed by atoms with Crippen LogP contribution in [0.1, 0.15) is 17.3 Å². The summed E-state index contributed by atoms with van der Waals surface area (Å²) in [5.41, 5.74) is 5.19. The Morgan fingerprint density at radius 1 is 0.879 bits per heavy atom. The molecule has 172 valence electrons. The van der Waals surface area contributed by atoms with Gasteiger partial charge in [-0.3, -0.25) is 25.8 Å². The molecule has 0 aliphatic carbocycles. The summed E-state index contributed by atoms with van der Waals surface area (Å²) in [6.45, 7) is 2.99. The maximum atomic E-state index is 12.5. The Kier molecular flexibility index (Phi) is 8.98. The average Bonchev–Trinajstić information content (AvgIpc) is 2.84. The normalized spacial score (nSPS) is 10.3. The van der Waals surface area contributed by atoms with Gasteiger partial charge in [0.15, 0.2) is 11.7 Å². The summed E-state index contributed by atoms with van der Waals surface area (Å²) in [5, 5.41) is 4.53. The van der Waals surface area contributed by atoms with Crippen molar-refractivity contribution in [2.45, 2.75) is 6.92 Å². The Morgan fingerprint density at radius 3 is 2.45 bits per heavy atom. The molecular formula is C24H25N3O5S. The Balaban J connectivity index is 1.43. The van der Waals surface area contributed by atoms with Gasteiger partial charge in [-0.25, -0.2) is 0 Å². The predicted octanol–water partition coefficient (Wildman–Crippen LogP) is 2.97. The standard InChI is InChI=1S/C24H25N3O5S/c1-2-30-13-14-31-21-10-6-5-9-20(21)23(29)25-24(33)27-26-22(28)16-32-19-12-11-17-7-3-4-8-18(17)15-19/h3-12,15H,2,13-14,16H2,1H3,(H,26,28)(H2,25,27,29,33). The predicted molar refractivity (Wildman–Crippen MR) is 129 cm³/mol. The third-order valence-electron chi connectivity index (χ3n) is 4.45. The summed E-state index contributed by atoms with van der Waals surface area (Å²) in [6, 6.07) is 20.2. The maximum absolute atomic E-state index is 12.5. The van der Waals surface area contributed by atoms with Crippen molar-refractivity contribution in [1.82, 2.24) is 16.2 Å². The van der Waals surface area contributed by atoms with Gasteiger partial charge in [-0.1, -0.05) is 42.5 Å². The number of rotatable bonds is 9. The first kappa shape index (κ1) is 24.0. The number of benzene rings is 3. The van der Waals surface area contributed by atoms with Crippen LogP contribution in [0, 0.1) is 0 Å². The number of thiocarbonyl (C=S) groups is 1. The molecule has 33 heavy (non-hydrogen) atoms. The molecule has 2 amide bonds. The molecule has 0 aliphatic rings. The number of hydrazine groups is 1. The van der Waals surface area contributed by atoms with Crippen LogP contribution in [0.5, 0.6) is 11.5 Å². The van der Waals surface area contributed by atoms with Gasteiger partial charge in [0.1, 0.15) is 18.1 Å². The van der Waals surface area contributed by atoms with Crippen LogP contribution < -0.4 is 25.6 Å². The fourth-order valence-electron chi connectivity index (χ4n) is 2.91. The second kappa shape index (κ2) is 12.4. The number of amides is 2. The first-order valence-electron chi connectivity index (χ1n) is 10.4. The minimum Gasteiger partial charge on any atom is -0.490 e. The zero-order chi connectivity index (χ0) is 23.5. The van der Waals surface area contributed by atoms with Crippen molar-refractivity contribution in [3.05, 3.63) is 72.3 Å². The van der Waals surface area contributed by atoms with Crippen molar-refractivity contribution >= 4 is 39.9 Å². The maximum Gasteiger partial charge on any atom is 0.276 e. The molecule has 0 saturated carbocycles. The van der Waals surface area contributed by atoms with Gasteiger partial charge >= 0.3 is 0 Å². The number of carbonyl (C=O) groups is 2. The van der Waals surface area contributed by atoms with Crippen molar-refractivity contribution in [3.8, 4) is 11.5 Å². The molecule has 0 fully saturated rings. The Morgan fingerprint density at radius 2 is 1.64 bits per heavy atom. The van der Waals surface area contributed by atoms with Crippen molar-refractivity contribution in [2.24, 2.45) is 0 Å². The molecule has 9 heteroatoms. The van der Waals surface area contributed by atoms with Crippen LogP contribution in [0.4, 0.5) is 0 Å². The zero-order valence-corrected chi connectivity index (χ0v) is 18.9. The van der Waals surface area contributed by atoms with Crippen LogP contribution in [-0.4, -0.2) is 43.4 Å². The van der Waals surface area contributed by atoms with Crippen LogP contribution in [0.3, 0.4) is 0 Å². The zero-order valence-electron chi connectivity index (χ0n) is 18.1. The van der Waals surface area contributed by atoms with E-state index in [1.807, 2.05) is 43.3 Å². The van der Waals surface area contributed by atoms with E-state index in [9.17, 15) is 9.59 Å². The van der Waals surface area contributed by atoms with Gasteiger partial charge in [0.25, 0.3) is 11.8 Å². The van der Waals surface area contributed by atoms with Crippen LogP contribution in [0.2, 0.25) is 0 Å². The van der Waals surface area contributed by atoms with E-state index >= 15 is 0 Å². The number of nitrogens with one attached hydrogen (secondary N) is 3. The molecule has 3 aromatic rings. The van der Waals surface area contributed by atoms with E-state index in [0.29, 0.717) is 36.9 Å². The minimum atomic E-state index is -0.471. The van der Waals surface area contributed by atoms with Gasteiger partial charge < -0.3 is 14.2 Å². The first-order chi connectivity index (χ1) is 16.1. The number of hydrogen-bond acceptors (Lipinski definition) is 6. The summed E-state index contributed by atoms with van der Waals surface area (Å²) in [4.78, 5) is 24.6. The molecule has 0 aromatic heterocycles. The van der Waals surface area contributed by atoms with Crippen molar-refractivity contribution in [2.75, 3.05) is 26.4 Å². The second-order valence-electron chi connectivity index (χ2n) is 6.80. The fraction of sp³-hybridized carbons (Fsp3) is 0.208. The quantitative estimate of drug-likeness (QED) is 0.253. The van der Waals surface area contributed by atoms with Gasteiger partial charge in [0, 0.05) is 6.61 Å².